The van der Waals surface area contributed by atoms with Gasteiger partial charge in [0, 0.05) is 5.16 Å². The summed E-state index contributed by atoms with van der Waals surface area (Å²) in [6.07, 6.45) is 0. The molecule has 62 valence electrons. The van der Waals surface area contributed by atoms with Crippen molar-refractivity contribution in [2.75, 3.05) is 0 Å². The van der Waals surface area contributed by atoms with E-state index in [1.54, 1.807) is 0 Å². The first kappa shape index (κ1) is 9.00. The molecule has 0 aromatic carbocycles. The van der Waals surface area contributed by atoms with E-state index in [0.29, 0.717) is 0 Å². The average molecular weight is 168 g/mol. The molecule has 11 heavy (non-hydrogen) atoms. The van der Waals surface area contributed by atoms with Crippen LogP contribution in [-0.2, 0) is 0 Å². The van der Waals surface area contributed by atoms with Crippen molar-refractivity contribution >= 4 is 9.24 Å². The van der Waals surface area contributed by atoms with Gasteiger partial charge in [-0.2, -0.15) is 0 Å². The van der Waals surface area contributed by atoms with Crippen LogP contribution in [0.5, 0.6) is 0 Å². The minimum Gasteiger partial charge on any atom is -0.123 e. The number of rotatable bonds is 0. The Morgan fingerprint density at radius 3 is 1.27 bits per heavy atom. The Kier molecular flexibility index (Phi) is 2.01. The Bertz CT molecular complexity index is 228. The lowest BCUT2D eigenvalue weighted by molar-refractivity contribution is 0.876. The van der Waals surface area contributed by atoms with Gasteiger partial charge in [-0.05, 0) is 45.8 Å². The molecule has 1 atom stereocenters. The van der Waals surface area contributed by atoms with Gasteiger partial charge in [-0.3, -0.25) is 0 Å². The molecule has 0 nitrogen and oxygen atoms in total. The maximum absolute atomic E-state index is 2.94. The number of hydrogen-bond acceptors (Lipinski definition) is 0. The predicted octanol–water partition coefficient (Wildman–Crippen LogP) is 3.31. The van der Waals surface area contributed by atoms with E-state index in [2.05, 4.69) is 43.9 Å². The first-order chi connectivity index (χ1) is 4.89. The van der Waals surface area contributed by atoms with Crippen LogP contribution in [0.3, 0.4) is 0 Å². The Hall–Kier alpha value is -0.0900. The summed E-state index contributed by atoms with van der Waals surface area (Å²) < 4.78 is 0. The summed E-state index contributed by atoms with van der Waals surface area (Å²) in [5.74, 6) is 0. The van der Waals surface area contributed by atoms with E-state index in [9.17, 15) is 0 Å². The lowest BCUT2D eigenvalue weighted by Crippen LogP contribution is -2.15. The predicted molar refractivity (Wildman–Crippen MR) is 54.9 cm³/mol. The van der Waals surface area contributed by atoms with Gasteiger partial charge < -0.3 is 0 Å². The molecular weight excluding hydrogens is 151 g/mol. The molecule has 1 unspecified atom stereocenters. The van der Waals surface area contributed by atoms with Crippen LogP contribution in [0.25, 0.3) is 0 Å². The van der Waals surface area contributed by atoms with E-state index in [1.165, 1.54) is 22.3 Å². The van der Waals surface area contributed by atoms with Crippen LogP contribution >= 0.6 is 9.24 Å². The van der Waals surface area contributed by atoms with E-state index in [0.717, 1.165) is 0 Å². The molecule has 0 aliphatic heterocycles. The van der Waals surface area contributed by atoms with Crippen LogP contribution in [0.15, 0.2) is 22.3 Å². The molecule has 1 rings (SSSR count). The van der Waals surface area contributed by atoms with Crippen molar-refractivity contribution in [2.45, 2.75) is 39.8 Å². The van der Waals surface area contributed by atoms with E-state index in [1.807, 2.05) is 0 Å². The maximum atomic E-state index is 2.94. The van der Waals surface area contributed by atoms with Crippen LogP contribution in [0.4, 0.5) is 0 Å². The minimum atomic E-state index is 0.230. The summed E-state index contributed by atoms with van der Waals surface area (Å²) in [4.78, 5) is 0. The zero-order valence-electron chi connectivity index (χ0n) is 8.08. The van der Waals surface area contributed by atoms with Gasteiger partial charge in [0.25, 0.3) is 0 Å². The molecule has 0 amide bonds. The fourth-order valence-electron chi connectivity index (χ4n) is 1.62. The lowest BCUT2D eigenvalue weighted by atomic mass is 9.98. The summed E-state index contributed by atoms with van der Waals surface area (Å²) in [6.45, 7) is 11.1. The molecule has 0 saturated heterocycles. The van der Waals surface area contributed by atoms with Gasteiger partial charge in [0.15, 0.2) is 0 Å². The van der Waals surface area contributed by atoms with Crippen molar-refractivity contribution in [2.24, 2.45) is 0 Å². The van der Waals surface area contributed by atoms with Crippen LogP contribution in [0.2, 0.25) is 0 Å². The summed E-state index contributed by atoms with van der Waals surface area (Å²) in [5.41, 5.74) is 5.94. The van der Waals surface area contributed by atoms with E-state index in [-0.39, 0.29) is 5.16 Å². The second kappa shape index (κ2) is 2.45. The van der Waals surface area contributed by atoms with Crippen molar-refractivity contribution in [3.8, 4) is 0 Å². The van der Waals surface area contributed by atoms with Crippen LogP contribution in [-0.4, -0.2) is 5.16 Å². The third kappa shape index (κ3) is 1.08. The molecule has 1 heteroatoms. The highest BCUT2D eigenvalue weighted by molar-refractivity contribution is 7.20. The van der Waals surface area contributed by atoms with Crippen LogP contribution in [0.1, 0.15) is 34.6 Å². The Labute approximate surface area is 72.0 Å². The second-order valence-corrected chi connectivity index (χ2v) is 4.86. The van der Waals surface area contributed by atoms with Gasteiger partial charge in [-0.1, -0.05) is 11.1 Å². The van der Waals surface area contributed by atoms with Gasteiger partial charge in [0.05, 0.1) is 0 Å². The smallest absolute Gasteiger partial charge is 0.0241 e. The quantitative estimate of drug-likeness (QED) is 0.487. The normalized spacial score (nSPS) is 23.5. The van der Waals surface area contributed by atoms with Gasteiger partial charge in [-0.25, -0.2) is 0 Å². The minimum absolute atomic E-state index is 0.230. The highest BCUT2D eigenvalue weighted by Crippen LogP contribution is 2.45. The topological polar surface area (TPSA) is 0 Å². The molecule has 0 heterocycles. The molecule has 0 bridgehead atoms. The fraction of sp³-hybridized carbons (Fsp3) is 0.600. The Morgan fingerprint density at radius 1 is 0.909 bits per heavy atom. The molecule has 0 aromatic rings. The highest BCUT2D eigenvalue weighted by atomic mass is 31.0. The SMILES string of the molecule is CC1=C(C)C(C)(P)C(C)=C1C. The number of hydrogen-bond donors (Lipinski definition) is 0. The molecule has 0 aromatic heterocycles. The van der Waals surface area contributed by atoms with Crippen molar-refractivity contribution in [1.29, 1.82) is 0 Å². The molecule has 1 aliphatic carbocycles. The summed E-state index contributed by atoms with van der Waals surface area (Å²) in [6, 6.07) is 0. The summed E-state index contributed by atoms with van der Waals surface area (Å²) in [7, 11) is 2.94. The first-order valence-electron chi connectivity index (χ1n) is 4.04. The zero-order valence-corrected chi connectivity index (χ0v) is 9.23. The van der Waals surface area contributed by atoms with E-state index in [4.69, 9.17) is 0 Å². The molecule has 0 N–H and O–H groups in total. The monoisotopic (exact) mass is 168 g/mol. The molecule has 0 fully saturated rings. The van der Waals surface area contributed by atoms with Crippen molar-refractivity contribution in [3.05, 3.63) is 22.3 Å². The van der Waals surface area contributed by atoms with Crippen LogP contribution in [0, 0.1) is 0 Å². The number of allylic oxidation sites excluding steroid dienone is 4. The summed E-state index contributed by atoms with van der Waals surface area (Å²) >= 11 is 0. The zero-order chi connectivity index (χ0) is 8.81. The average Bonchev–Trinajstić information content (AvgIpc) is 2.06. The lowest BCUT2D eigenvalue weighted by Gasteiger charge is -2.22. The third-order valence-corrected chi connectivity index (χ3v) is 4.11. The fourth-order valence-corrected chi connectivity index (χ4v) is 2.06. The standard InChI is InChI=1S/C10H17P/c1-6-7(2)9(4)10(5,11)8(6)3/h11H2,1-5H3. The third-order valence-electron chi connectivity index (χ3n) is 3.25. The maximum Gasteiger partial charge on any atom is 0.0241 e. The molecule has 0 radical (unpaired) electrons. The van der Waals surface area contributed by atoms with Crippen molar-refractivity contribution in [3.63, 3.8) is 0 Å². The molecule has 1 aliphatic rings. The van der Waals surface area contributed by atoms with Gasteiger partial charge in [0.1, 0.15) is 0 Å². The van der Waals surface area contributed by atoms with E-state index < -0.39 is 0 Å². The van der Waals surface area contributed by atoms with Crippen molar-refractivity contribution < 1.29 is 0 Å². The summed E-state index contributed by atoms with van der Waals surface area (Å²) in [5, 5.41) is 0.230. The molecular formula is C10H17P. The second-order valence-electron chi connectivity index (χ2n) is 3.70. The largest absolute Gasteiger partial charge is 0.123 e. The van der Waals surface area contributed by atoms with Crippen LogP contribution < -0.4 is 0 Å². The molecule has 0 spiro atoms. The van der Waals surface area contributed by atoms with Gasteiger partial charge in [-0.15, -0.1) is 9.24 Å². The Morgan fingerprint density at radius 2 is 1.18 bits per heavy atom. The van der Waals surface area contributed by atoms with Gasteiger partial charge >= 0.3 is 0 Å². The van der Waals surface area contributed by atoms with E-state index >= 15 is 0 Å². The first-order valence-corrected chi connectivity index (χ1v) is 4.62. The Balaban J connectivity index is 3.27. The van der Waals surface area contributed by atoms with Crippen molar-refractivity contribution in [1.82, 2.24) is 0 Å². The molecule has 0 saturated carbocycles. The van der Waals surface area contributed by atoms with Gasteiger partial charge in [0.2, 0.25) is 0 Å². The highest BCUT2D eigenvalue weighted by Gasteiger charge is 2.31.